The van der Waals surface area contributed by atoms with E-state index in [1.54, 1.807) is 7.05 Å². The van der Waals surface area contributed by atoms with Gasteiger partial charge in [-0.15, -0.1) is 0 Å². The second kappa shape index (κ2) is 6.36. The molecule has 1 aromatic carbocycles. The molecule has 1 heterocycles. The SMILES string of the molecule is CN(CC1CCCN1)C(=O)c1cc(C(F)(F)F)ccc1Br. The summed E-state index contributed by atoms with van der Waals surface area (Å²) in [6.07, 6.45) is -2.43. The zero-order valence-corrected chi connectivity index (χ0v) is 13.1. The minimum atomic E-state index is -4.46. The minimum Gasteiger partial charge on any atom is -0.340 e. The Morgan fingerprint density at radius 2 is 2.19 bits per heavy atom. The summed E-state index contributed by atoms with van der Waals surface area (Å²) in [6, 6.07) is 3.32. The van der Waals surface area contributed by atoms with Crippen LogP contribution in [0, 0.1) is 0 Å². The first-order chi connectivity index (χ1) is 9.79. The maximum atomic E-state index is 12.7. The Hall–Kier alpha value is -1.08. The van der Waals surface area contributed by atoms with Crippen molar-refractivity contribution in [1.29, 1.82) is 0 Å². The van der Waals surface area contributed by atoms with Crippen molar-refractivity contribution in [2.45, 2.75) is 25.1 Å². The van der Waals surface area contributed by atoms with Crippen molar-refractivity contribution in [3.8, 4) is 0 Å². The number of carbonyl (C=O) groups is 1. The number of halogens is 4. The van der Waals surface area contributed by atoms with Crippen molar-refractivity contribution in [1.82, 2.24) is 10.2 Å². The van der Waals surface area contributed by atoms with E-state index in [1.165, 1.54) is 11.0 Å². The molecule has 0 radical (unpaired) electrons. The Morgan fingerprint density at radius 1 is 1.48 bits per heavy atom. The number of hydrogen-bond acceptors (Lipinski definition) is 2. The van der Waals surface area contributed by atoms with Crippen molar-refractivity contribution in [2.75, 3.05) is 20.1 Å². The zero-order chi connectivity index (χ0) is 15.6. The van der Waals surface area contributed by atoms with Gasteiger partial charge in [-0.05, 0) is 53.5 Å². The summed E-state index contributed by atoms with van der Waals surface area (Å²) < 4.78 is 38.6. The maximum Gasteiger partial charge on any atom is 0.416 e. The van der Waals surface area contributed by atoms with Gasteiger partial charge in [-0.3, -0.25) is 4.79 Å². The third-order valence-electron chi connectivity index (χ3n) is 3.53. The van der Waals surface area contributed by atoms with E-state index in [9.17, 15) is 18.0 Å². The lowest BCUT2D eigenvalue weighted by atomic mass is 10.1. The number of benzene rings is 1. The lowest BCUT2D eigenvalue weighted by Gasteiger charge is -2.22. The van der Waals surface area contributed by atoms with Gasteiger partial charge >= 0.3 is 6.18 Å². The van der Waals surface area contributed by atoms with Gasteiger partial charge in [0.1, 0.15) is 0 Å². The molecule has 1 aromatic rings. The molecule has 0 bridgehead atoms. The first kappa shape index (κ1) is 16.3. The second-order valence-electron chi connectivity index (χ2n) is 5.17. The zero-order valence-electron chi connectivity index (χ0n) is 11.5. The molecule has 116 valence electrons. The molecule has 1 saturated heterocycles. The minimum absolute atomic E-state index is 0.0327. The summed E-state index contributed by atoms with van der Waals surface area (Å²) in [4.78, 5) is 13.8. The highest BCUT2D eigenvalue weighted by molar-refractivity contribution is 9.10. The molecule has 21 heavy (non-hydrogen) atoms. The van der Waals surface area contributed by atoms with Crippen LogP contribution in [0.5, 0.6) is 0 Å². The maximum absolute atomic E-state index is 12.7. The van der Waals surface area contributed by atoms with Crippen LogP contribution in [0.4, 0.5) is 13.2 Å². The normalized spacial score (nSPS) is 18.8. The molecule has 0 aromatic heterocycles. The summed E-state index contributed by atoms with van der Waals surface area (Å²) in [7, 11) is 1.61. The van der Waals surface area contributed by atoms with Crippen LogP contribution in [0.25, 0.3) is 0 Å². The summed E-state index contributed by atoms with van der Waals surface area (Å²) in [5, 5.41) is 3.26. The predicted molar refractivity (Wildman–Crippen MR) is 77.1 cm³/mol. The number of likely N-dealkylation sites (N-methyl/N-ethyl adjacent to an activating group) is 1. The summed E-state index contributed by atoms with van der Waals surface area (Å²) in [6.45, 7) is 1.40. The quantitative estimate of drug-likeness (QED) is 0.892. The number of hydrogen-bond donors (Lipinski definition) is 1. The molecule has 3 nitrogen and oxygen atoms in total. The lowest BCUT2D eigenvalue weighted by molar-refractivity contribution is -0.137. The molecule has 1 amide bonds. The van der Waals surface area contributed by atoms with E-state index < -0.39 is 17.6 Å². The van der Waals surface area contributed by atoms with Crippen molar-refractivity contribution in [2.24, 2.45) is 0 Å². The van der Waals surface area contributed by atoms with Crippen molar-refractivity contribution in [3.05, 3.63) is 33.8 Å². The van der Waals surface area contributed by atoms with Gasteiger partial charge in [-0.25, -0.2) is 0 Å². The average molecular weight is 365 g/mol. The van der Waals surface area contributed by atoms with Crippen LogP contribution in [0.2, 0.25) is 0 Å². The molecule has 1 atom stereocenters. The standard InChI is InChI=1S/C14H16BrF3N2O/c1-20(8-10-3-2-6-19-10)13(21)11-7-9(14(16,17)18)4-5-12(11)15/h4-5,7,10,19H,2-3,6,8H2,1H3. The molecule has 0 spiro atoms. The Bertz CT molecular complexity index is 527. The van der Waals surface area contributed by atoms with Gasteiger partial charge in [0.05, 0.1) is 11.1 Å². The predicted octanol–water partition coefficient (Wildman–Crippen LogP) is 3.29. The number of alkyl halides is 3. The van der Waals surface area contributed by atoms with Crippen LogP contribution in [0.15, 0.2) is 22.7 Å². The Balaban J connectivity index is 2.17. The van der Waals surface area contributed by atoms with Crippen molar-refractivity contribution >= 4 is 21.8 Å². The first-order valence-electron chi connectivity index (χ1n) is 6.64. The van der Waals surface area contributed by atoms with Crippen molar-refractivity contribution in [3.63, 3.8) is 0 Å². The number of nitrogens with zero attached hydrogens (tertiary/aromatic N) is 1. The van der Waals surface area contributed by atoms with Crippen LogP contribution >= 0.6 is 15.9 Å². The number of nitrogens with one attached hydrogen (secondary N) is 1. The van der Waals surface area contributed by atoms with E-state index in [0.717, 1.165) is 31.5 Å². The molecule has 0 aliphatic carbocycles. The highest BCUT2D eigenvalue weighted by Crippen LogP contribution is 2.32. The topological polar surface area (TPSA) is 32.3 Å². The monoisotopic (exact) mass is 364 g/mol. The van der Waals surface area contributed by atoms with Gasteiger partial charge in [0, 0.05) is 24.1 Å². The molecule has 1 aliphatic heterocycles. The summed E-state index contributed by atoms with van der Waals surface area (Å²) >= 11 is 3.15. The van der Waals surface area contributed by atoms with Crippen LogP contribution in [0.3, 0.4) is 0 Å². The van der Waals surface area contributed by atoms with Crippen LogP contribution in [0.1, 0.15) is 28.8 Å². The Morgan fingerprint density at radius 3 is 2.76 bits per heavy atom. The molecule has 1 N–H and O–H groups in total. The smallest absolute Gasteiger partial charge is 0.340 e. The molecule has 2 rings (SSSR count). The van der Waals surface area contributed by atoms with Gasteiger partial charge in [-0.1, -0.05) is 0 Å². The molecular formula is C14H16BrF3N2O. The molecule has 0 saturated carbocycles. The fraction of sp³-hybridized carbons (Fsp3) is 0.500. The molecular weight excluding hydrogens is 349 g/mol. The lowest BCUT2D eigenvalue weighted by Crippen LogP contribution is -2.38. The second-order valence-corrected chi connectivity index (χ2v) is 6.03. The van der Waals surface area contributed by atoms with E-state index in [0.29, 0.717) is 11.0 Å². The van der Waals surface area contributed by atoms with Gasteiger partial charge in [0.15, 0.2) is 0 Å². The van der Waals surface area contributed by atoms with E-state index in [4.69, 9.17) is 0 Å². The molecule has 1 fully saturated rings. The molecule has 7 heteroatoms. The number of rotatable bonds is 3. The van der Waals surface area contributed by atoms with Gasteiger partial charge in [0.2, 0.25) is 0 Å². The highest BCUT2D eigenvalue weighted by atomic mass is 79.9. The van der Waals surface area contributed by atoms with E-state index in [2.05, 4.69) is 21.2 Å². The average Bonchev–Trinajstić information content (AvgIpc) is 2.90. The summed E-state index contributed by atoms with van der Waals surface area (Å²) in [5.74, 6) is -0.415. The van der Waals surface area contributed by atoms with E-state index in [1.807, 2.05) is 0 Å². The Labute approximate surface area is 129 Å². The van der Waals surface area contributed by atoms with Gasteiger partial charge in [-0.2, -0.15) is 13.2 Å². The largest absolute Gasteiger partial charge is 0.416 e. The summed E-state index contributed by atoms with van der Waals surface area (Å²) in [5.41, 5.74) is -0.785. The third-order valence-corrected chi connectivity index (χ3v) is 4.22. The van der Waals surface area contributed by atoms with Gasteiger partial charge < -0.3 is 10.2 Å². The van der Waals surface area contributed by atoms with E-state index >= 15 is 0 Å². The van der Waals surface area contributed by atoms with Crippen molar-refractivity contribution < 1.29 is 18.0 Å². The van der Waals surface area contributed by atoms with Crippen LogP contribution in [-0.4, -0.2) is 37.0 Å². The molecule has 1 unspecified atom stereocenters. The van der Waals surface area contributed by atoms with Crippen LogP contribution in [-0.2, 0) is 6.18 Å². The molecule has 1 aliphatic rings. The first-order valence-corrected chi connectivity index (χ1v) is 7.44. The number of amides is 1. The Kier molecular flexibility index (Phi) is 4.93. The van der Waals surface area contributed by atoms with Crippen LogP contribution < -0.4 is 5.32 Å². The number of carbonyl (C=O) groups excluding carboxylic acids is 1. The fourth-order valence-corrected chi connectivity index (χ4v) is 2.81. The van der Waals surface area contributed by atoms with Gasteiger partial charge in [0.25, 0.3) is 5.91 Å². The van der Waals surface area contributed by atoms with E-state index in [-0.39, 0.29) is 11.6 Å². The third kappa shape index (κ3) is 3.97. The highest BCUT2D eigenvalue weighted by Gasteiger charge is 2.32. The fourth-order valence-electron chi connectivity index (χ4n) is 2.40.